The molecule has 0 saturated carbocycles. The predicted molar refractivity (Wildman–Crippen MR) is 161 cm³/mol. The Morgan fingerprint density at radius 3 is 2.44 bits per heavy atom. The van der Waals surface area contributed by atoms with Crippen LogP contribution in [0.15, 0.2) is 54.6 Å². The number of piperidine rings is 1. The van der Waals surface area contributed by atoms with Crippen LogP contribution in [-0.2, 0) is 12.1 Å². The van der Waals surface area contributed by atoms with Crippen LogP contribution in [0.4, 0.5) is 0 Å². The van der Waals surface area contributed by atoms with Crippen LogP contribution in [0, 0.1) is 0 Å². The molecule has 39 heavy (non-hydrogen) atoms. The molecule has 6 heteroatoms. The van der Waals surface area contributed by atoms with Crippen LogP contribution in [0.1, 0.15) is 69.3 Å². The minimum Gasteiger partial charge on any atom is -0.508 e. The van der Waals surface area contributed by atoms with Crippen molar-refractivity contribution in [3.05, 3.63) is 71.4 Å². The Labute approximate surface area is 235 Å². The van der Waals surface area contributed by atoms with Crippen LogP contribution >= 0.6 is 0 Å². The first-order valence-corrected chi connectivity index (χ1v) is 14.9. The van der Waals surface area contributed by atoms with E-state index in [-0.39, 0.29) is 5.54 Å². The van der Waals surface area contributed by atoms with Crippen molar-refractivity contribution >= 4 is 10.9 Å². The maximum atomic E-state index is 10.1. The monoisotopic (exact) mass is 529 g/mol. The number of benzene rings is 2. The quantitative estimate of drug-likeness (QED) is 0.401. The predicted octanol–water partition coefficient (Wildman–Crippen LogP) is 5.52. The molecule has 2 fully saturated rings. The number of phenols is 1. The molecule has 2 saturated heterocycles. The molecule has 1 aromatic heterocycles. The molecular formula is C33H47N5O. The highest BCUT2D eigenvalue weighted by Crippen LogP contribution is 2.39. The Morgan fingerprint density at radius 1 is 1.03 bits per heavy atom. The van der Waals surface area contributed by atoms with Crippen molar-refractivity contribution in [2.45, 2.75) is 76.7 Å². The largest absolute Gasteiger partial charge is 0.508 e. The van der Waals surface area contributed by atoms with Crippen LogP contribution in [-0.4, -0.2) is 77.1 Å². The van der Waals surface area contributed by atoms with E-state index in [2.05, 4.69) is 91.3 Å². The van der Waals surface area contributed by atoms with Crippen LogP contribution in [0.5, 0.6) is 5.75 Å². The summed E-state index contributed by atoms with van der Waals surface area (Å²) in [4.78, 5) is 12.7. The van der Waals surface area contributed by atoms with Crippen molar-refractivity contribution in [2.75, 3.05) is 40.3 Å². The Kier molecular flexibility index (Phi) is 8.57. The Hall–Kier alpha value is -2.51. The number of pyridine rings is 1. The molecule has 3 atom stereocenters. The standard InChI is InChI=1S/C33H47N5O/c1-6-8-32(38-21-24(2)34-25(3)22-38)31-14-12-27-19-26(11-13-30(27)35-31)23-37-17-15-33(16-18-37,36(4)5)28-9-7-10-29(39)20-28/h7,9-14,19-20,24-25,32,34,39H,6,8,15-18,21-23H2,1-5H3. The number of phenolic OH excluding ortho intramolecular Hbond substituents is 1. The minimum absolute atomic E-state index is 0.0337. The Balaban J connectivity index is 1.28. The number of likely N-dealkylation sites (tertiary alicyclic amines) is 1. The zero-order chi connectivity index (χ0) is 27.6. The number of fused-ring (bicyclic) bond motifs is 1. The summed E-state index contributed by atoms with van der Waals surface area (Å²) in [6.07, 6.45) is 4.39. The summed E-state index contributed by atoms with van der Waals surface area (Å²) in [5, 5.41) is 15.0. The van der Waals surface area contributed by atoms with Crippen LogP contribution in [0.2, 0.25) is 0 Å². The first-order valence-electron chi connectivity index (χ1n) is 14.9. The first-order chi connectivity index (χ1) is 18.8. The lowest BCUT2D eigenvalue weighted by Crippen LogP contribution is -2.55. The number of hydrogen-bond acceptors (Lipinski definition) is 6. The highest BCUT2D eigenvalue weighted by molar-refractivity contribution is 5.79. The van der Waals surface area contributed by atoms with E-state index in [0.29, 0.717) is 23.9 Å². The SMILES string of the molecule is CCCC(c1ccc2cc(CN3CCC(c4cccc(O)c4)(N(C)C)CC3)ccc2n1)N1CC(C)NC(C)C1. The lowest BCUT2D eigenvalue weighted by atomic mass is 9.79. The molecule has 3 aromatic rings. The van der Waals surface area contributed by atoms with Crippen molar-refractivity contribution in [1.29, 1.82) is 0 Å². The zero-order valence-electron chi connectivity index (χ0n) is 24.5. The van der Waals surface area contributed by atoms with Crippen molar-refractivity contribution in [3.8, 4) is 5.75 Å². The van der Waals surface area contributed by atoms with Gasteiger partial charge in [-0.1, -0.05) is 37.6 Å². The van der Waals surface area contributed by atoms with Crippen LogP contribution < -0.4 is 5.32 Å². The van der Waals surface area contributed by atoms with Gasteiger partial charge in [-0.05, 0) is 88.7 Å². The number of hydrogen-bond donors (Lipinski definition) is 2. The molecule has 3 unspecified atom stereocenters. The van der Waals surface area contributed by atoms with E-state index in [1.54, 1.807) is 6.07 Å². The van der Waals surface area contributed by atoms with E-state index in [0.717, 1.165) is 63.9 Å². The molecule has 0 aliphatic carbocycles. The molecular weight excluding hydrogens is 482 g/mol. The second kappa shape index (κ2) is 11.9. The number of piperazine rings is 1. The topological polar surface area (TPSA) is 54.9 Å². The maximum absolute atomic E-state index is 10.1. The normalized spacial score (nSPS) is 23.3. The second-order valence-electron chi connectivity index (χ2n) is 12.2. The van der Waals surface area contributed by atoms with Gasteiger partial charge < -0.3 is 10.4 Å². The summed E-state index contributed by atoms with van der Waals surface area (Å²) in [7, 11) is 4.33. The molecule has 2 aliphatic heterocycles. The lowest BCUT2D eigenvalue weighted by Gasteiger charge is -2.46. The third-order valence-corrected chi connectivity index (χ3v) is 9.03. The van der Waals surface area contributed by atoms with Gasteiger partial charge in [-0.2, -0.15) is 0 Å². The van der Waals surface area contributed by atoms with Crippen molar-refractivity contribution in [2.24, 2.45) is 0 Å². The average Bonchev–Trinajstić information content (AvgIpc) is 2.91. The van der Waals surface area contributed by atoms with E-state index < -0.39 is 0 Å². The molecule has 210 valence electrons. The molecule has 2 aliphatic rings. The molecule has 5 rings (SSSR count). The molecule has 0 bridgehead atoms. The smallest absolute Gasteiger partial charge is 0.115 e. The van der Waals surface area contributed by atoms with Crippen molar-refractivity contribution < 1.29 is 5.11 Å². The number of aromatic hydroxyl groups is 1. The minimum atomic E-state index is -0.0337. The summed E-state index contributed by atoms with van der Waals surface area (Å²) in [6, 6.07) is 20.6. The molecule has 6 nitrogen and oxygen atoms in total. The van der Waals surface area contributed by atoms with Crippen molar-refractivity contribution in [1.82, 2.24) is 25.0 Å². The van der Waals surface area contributed by atoms with E-state index in [1.807, 2.05) is 12.1 Å². The van der Waals surface area contributed by atoms with Crippen molar-refractivity contribution in [3.63, 3.8) is 0 Å². The molecule has 0 amide bonds. The van der Waals surface area contributed by atoms with Gasteiger partial charge in [0.1, 0.15) is 5.75 Å². The number of rotatable bonds is 8. The Bertz CT molecular complexity index is 1240. The van der Waals surface area contributed by atoms with Gasteiger partial charge in [-0.15, -0.1) is 0 Å². The molecule has 2 aromatic carbocycles. The zero-order valence-corrected chi connectivity index (χ0v) is 24.5. The summed E-state index contributed by atoms with van der Waals surface area (Å²) in [5.41, 5.74) is 4.84. The van der Waals surface area contributed by atoms with E-state index >= 15 is 0 Å². The van der Waals surface area contributed by atoms with E-state index in [9.17, 15) is 5.11 Å². The average molecular weight is 530 g/mol. The van der Waals surface area contributed by atoms with E-state index in [1.165, 1.54) is 22.2 Å². The Morgan fingerprint density at radius 2 is 1.77 bits per heavy atom. The highest BCUT2D eigenvalue weighted by Gasteiger charge is 2.38. The van der Waals surface area contributed by atoms with Gasteiger partial charge in [0.25, 0.3) is 0 Å². The van der Waals surface area contributed by atoms with Crippen LogP contribution in [0.3, 0.4) is 0 Å². The third-order valence-electron chi connectivity index (χ3n) is 9.03. The van der Waals surface area contributed by atoms with E-state index in [4.69, 9.17) is 4.98 Å². The molecule has 0 spiro atoms. The molecule has 2 N–H and O–H groups in total. The number of nitrogens with zero attached hydrogens (tertiary/aromatic N) is 4. The highest BCUT2D eigenvalue weighted by atomic mass is 16.3. The van der Waals surface area contributed by atoms with Crippen LogP contribution in [0.25, 0.3) is 10.9 Å². The van der Waals surface area contributed by atoms with Gasteiger partial charge in [0.05, 0.1) is 17.3 Å². The third kappa shape index (κ3) is 6.14. The van der Waals surface area contributed by atoms with Gasteiger partial charge in [0, 0.05) is 55.7 Å². The van der Waals surface area contributed by atoms with Gasteiger partial charge in [-0.3, -0.25) is 19.7 Å². The fourth-order valence-electron chi connectivity index (χ4n) is 7.02. The fraction of sp³-hybridized carbons (Fsp3) is 0.545. The second-order valence-corrected chi connectivity index (χ2v) is 12.2. The summed E-state index contributed by atoms with van der Waals surface area (Å²) < 4.78 is 0. The lowest BCUT2D eigenvalue weighted by molar-refractivity contribution is 0.0506. The van der Waals surface area contributed by atoms with Gasteiger partial charge in [0.15, 0.2) is 0 Å². The molecule has 3 heterocycles. The first kappa shape index (κ1) is 28.0. The van der Waals surface area contributed by atoms with Gasteiger partial charge >= 0.3 is 0 Å². The summed E-state index contributed by atoms with van der Waals surface area (Å²) >= 11 is 0. The van der Waals surface area contributed by atoms with Gasteiger partial charge in [0.2, 0.25) is 0 Å². The molecule has 0 radical (unpaired) electrons. The number of aromatic nitrogens is 1. The fourth-order valence-corrected chi connectivity index (χ4v) is 7.02. The number of nitrogens with one attached hydrogen (secondary N) is 1. The van der Waals surface area contributed by atoms with Gasteiger partial charge in [-0.25, -0.2) is 0 Å². The summed E-state index contributed by atoms with van der Waals surface area (Å²) in [5.74, 6) is 0.349. The maximum Gasteiger partial charge on any atom is 0.115 e. The summed E-state index contributed by atoms with van der Waals surface area (Å²) in [6.45, 7) is 12.0.